The number of nitriles is 1. The van der Waals surface area contributed by atoms with Crippen LogP contribution in [0.25, 0.3) is 11.1 Å². The van der Waals surface area contributed by atoms with Crippen LogP contribution in [0.15, 0.2) is 36.4 Å². The number of nitrogens with zero attached hydrogens (tertiary/aromatic N) is 1. The highest BCUT2D eigenvalue weighted by Crippen LogP contribution is 2.36. The molecule has 2 heteroatoms. The summed E-state index contributed by atoms with van der Waals surface area (Å²) >= 11 is 0. The predicted molar refractivity (Wildman–Crippen MR) is 54.3 cm³/mol. The van der Waals surface area contributed by atoms with E-state index < -0.39 is 0 Å². The zero-order chi connectivity index (χ0) is 9.97. The SMILES string of the molecule is COc1cc(C#N)c2cccccc1-2. The normalized spacial score (nSPS) is 9.71. The lowest BCUT2D eigenvalue weighted by molar-refractivity contribution is 0.418. The quantitative estimate of drug-likeness (QED) is 0.681. The molecule has 0 aromatic rings. The number of ether oxygens (including phenoxy) is 1. The first-order valence-corrected chi connectivity index (χ1v) is 4.32. The van der Waals surface area contributed by atoms with Crippen LogP contribution >= 0.6 is 0 Å². The molecule has 2 aliphatic rings. The fraction of sp³-hybridized carbons (Fsp3) is 0.0833. The highest BCUT2D eigenvalue weighted by molar-refractivity contribution is 5.80. The molecule has 0 N–H and O–H groups in total. The van der Waals surface area contributed by atoms with Crippen LogP contribution in [-0.2, 0) is 0 Å². The van der Waals surface area contributed by atoms with Gasteiger partial charge in [-0.05, 0) is 6.07 Å². The molecule has 2 rings (SSSR count). The van der Waals surface area contributed by atoms with Gasteiger partial charge in [0.25, 0.3) is 0 Å². The standard InChI is InChI=1S/C12H9NO/c1-14-12-7-9(8-13)10-5-3-2-4-6-11(10)12/h2-7H,1H3. The summed E-state index contributed by atoms with van der Waals surface area (Å²) in [7, 11) is 1.61. The molecule has 0 heterocycles. The fourth-order valence-corrected chi connectivity index (χ4v) is 1.54. The number of hydrogen-bond donors (Lipinski definition) is 0. The molecule has 0 aliphatic heterocycles. The van der Waals surface area contributed by atoms with Gasteiger partial charge < -0.3 is 4.74 Å². The molecule has 0 aromatic carbocycles. The van der Waals surface area contributed by atoms with Crippen LogP contribution in [0.4, 0.5) is 0 Å². The first-order valence-electron chi connectivity index (χ1n) is 4.32. The summed E-state index contributed by atoms with van der Waals surface area (Å²) in [5.74, 6) is 0.757. The second kappa shape index (κ2) is 3.39. The zero-order valence-corrected chi connectivity index (χ0v) is 7.82. The van der Waals surface area contributed by atoms with Gasteiger partial charge in [-0.15, -0.1) is 0 Å². The summed E-state index contributed by atoms with van der Waals surface area (Å²) in [6.45, 7) is 0. The maximum Gasteiger partial charge on any atom is 0.128 e. The van der Waals surface area contributed by atoms with Crippen molar-refractivity contribution in [2.45, 2.75) is 0 Å². The highest BCUT2D eigenvalue weighted by Gasteiger charge is 2.14. The van der Waals surface area contributed by atoms with E-state index in [-0.39, 0.29) is 0 Å². The lowest BCUT2D eigenvalue weighted by Crippen LogP contribution is -1.79. The van der Waals surface area contributed by atoms with Gasteiger partial charge >= 0.3 is 0 Å². The average molecular weight is 183 g/mol. The molecule has 0 fully saturated rings. The third-order valence-corrected chi connectivity index (χ3v) is 2.21. The molecule has 0 atom stereocenters. The summed E-state index contributed by atoms with van der Waals surface area (Å²) < 4.78 is 5.20. The summed E-state index contributed by atoms with van der Waals surface area (Å²) in [6.07, 6.45) is 0. The summed E-state index contributed by atoms with van der Waals surface area (Å²) in [6, 6.07) is 13.6. The molecular formula is C12H9NO. The Kier molecular flexibility index (Phi) is 2.08. The number of methoxy groups -OCH3 is 1. The van der Waals surface area contributed by atoms with E-state index in [2.05, 4.69) is 6.07 Å². The highest BCUT2D eigenvalue weighted by atomic mass is 16.5. The van der Waals surface area contributed by atoms with Gasteiger partial charge in [-0.25, -0.2) is 0 Å². The molecule has 0 spiro atoms. The van der Waals surface area contributed by atoms with Crippen molar-refractivity contribution in [3.63, 3.8) is 0 Å². The third-order valence-electron chi connectivity index (χ3n) is 2.21. The Bertz CT molecular complexity index is 470. The Morgan fingerprint density at radius 1 is 1.14 bits per heavy atom. The Morgan fingerprint density at radius 2 is 1.86 bits per heavy atom. The van der Waals surface area contributed by atoms with Crippen LogP contribution in [0.1, 0.15) is 5.56 Å². The van der Waals surface area contributed by atoms with Crippen LogP contribution in [0, 0.1) is 11.3 Å². The van der Waals surface area contributed by atoms with E-state index in [0.29, 0.717) is 5.56 Å². The van der Waals surface area contributed by atoms with Gasteiger partial charge in [-0.1, -0.05) is 30.3 Å². The number of fused-ring (bicyclic) bond motifs is 1. The van der Waals surface area contributed by atoms with Crippen LogP contribution in [0.5, 0.6) is 5.75 Å². The van der Waals surface area contributed by atoms with E-state index in [4.69, 9.17) is 10.00 Å². The van der Waals surface area contributed by atoms with Gasteiger partial charge in [0, 0.05) is 11.1 Å². The van der Waals surface area contributed by atoms with Crippen LogP contribution in [0.3, 0.4) is 0 Å². The minimum atomic E-state index is 0.660. The minimum Gasteiger partial charge on any atom is -0.496 e. The predicted octanol–water partition coefficient (Wildman–Crippen LogP) is 2.67. The molecule has 2 aliphatic carbocycles. The molecule has 14 heavy (non-hydrogen) atoms. The van der Waals surface area contributed by atoms with E-state index in [1.165, 1.54) is 0 Å². The van der Waals surface area contributed by atoms with Crippen molar-refractivity contribution in [3.8, 4) is 22.9 Å². The van der Waals surface area contributed by atoms with Gasteiger partial charge in [0.2, 0.25) is 0 Å². The fourth-order valence-electron chi connectivity index (χ4n) is 1.54. The number of rotatable bonds is 1. The lowest BCUT2D eigenvalue weighted by Gasteiger charge is -1.97. The van der Waals surface area contributed by atoms with Gasteiger partial charge in [0.05, 0.1) is 18.7 Å². The summed E-state index contributed by atoms with van der Waals surface area (Å²) in [5.41, 5.74) is 2.58. The molecule has 0 amide bonds. The Morgan fingerprint density at radius 3 is 2.50 bits per heavy atom. The van der Waals surface area contributed by atoms with Crippen molar-refractivity contribution in [2.75, 3.05) is 7.11 Å². The van der Waals surface area contributed by atoms with Crippen molar-refractivity contribution in [1.82, 2.24) is 0 Å². The van der Waals surface area contributed by atoms with Crippen molar-refractivity contribution in [2.24, 2.45) is 0 Å². The molecule has 0 radical (unpaired) electrons. The molecule has 0 saturated carbocycles. The maximum atomic E-state index is 8.92. The van der Waals surface area contributed by atoms with E-state index in [1.54, 1.807) is 13.2 Å². The third kappa shape index (κ3) is 1.20. The molecule has 0 aromatic heterocycles. The van der Waals surface area contributed by atoms with Crippen molar-refractivity contribution in [1.29, 1.82) is 5.26 Å². The molecule has 68 valence electrons. The van der Waals surface area contributed by atoms with Gasteiger partial charge in [0.1, 0.15) is 5.75 Å². The minimum absolute atomic E-state index is 0.660. The first kappa shape index (κ1) is 8.58. The largest absolute Gasteiger partial charge is 0.496 e. The van der Waals surface area contributed by atoms with Gasteiger partial charge in [-0.2, -0.15) is 5.26 Å². The van der Waals surface area contributed by atoms with Crippen LogP contribution < -0.4 is 4.74 Å². The average Bonchev–Trinajstić information content (AvgIpc) is 2.39. The van der Waals surface area contributed by atoms with Gasteiger partial charge in [-0.3, -0.25) is 0 Å². The molecule has 0 unspecified atom stereocenters. The summed E-state index contributed by atoms with van der Waals surface area (Å²) in [5, 5.41) is 8.92. The Balaban J connectivity index is 2.75. The number of hydrogen-bond acceptors (Lipinski definition) is 2. The van der Waals surface area contributed by atoms with E-state index >= 15 is 0 Å². The van der Waals surface area contributed by atoms with E-state index in [9.17, 15) is 0 Å². The second-order valence-electron chi connectivity index (χ2n) is 2.98. The topological polar surface area (TPSA) is 33.0 Å². The molecule has 0 saturated heterocycles. The summed E-state index contributed by atoms with van der Waals surface area (Å²) in [4.78, 5) is 0. The zero-order valence-electron chi connectivity index (χ0n) is 7.82. The second-order valence-corrected chi connectivity index (χ2v) is 2.98. The van der Waals surface area contributed by atoms with Crippen molar-refractivity contribution in [3.05, 3.63) is 42.0 Å². The smallest absolute Gasteiger partial charge is 0.128 e. The Labute approximate surface area is 82.7 Å². The molecule has 0 bridgehead atoms. The molecular weight excluding hydrogens is 174 g/mol. The van der Waals surface area contributed by atoms with E-state index in [0.717, 1.165) is 16.9 Å². The van der Waals surface area contributed by atoms with Gasteiger partial charge in [0.15, 0.2) is 0 Å². The van der Waals surface area contributed by atoms with Crippen LogP contribution in [-0.4, -0.2) is 7.11 Å². The van der Waals surface area contributed by atoms with Crippen molar-refractivity contribution >= 4 is 0 Å². The monoisotopic (exact) mass is 183 g/mol. The van der Waals surface area contributed by atoms with Crippen LogP contribution in [0.2, 0.25) is 0 Å². The van der Waals surface area contributed by atoms with Crippen molar-refractivity contribution < 1.29 is 4.74 Å². The maximum absolute atomic E-state index is 8.92. The lowest BCUT2D eigenvalue weighted by atomic mass is 10.1. The first-order chi connectivity index (χ1) is 6.86. The van der Waals surface area contributed by atoms with E-state index in [1.807, 2.05) is 30.3 Å². The Hall–Kier alpha value is -2.01. The molecule has 2 nitrogen and oxygen atoms in total.